The summed E-state index contributed by atoms with van der Waals surface area (Å²) in [4.78, 5) is 41.5. The lowest BCUT2D eigenvalue weighted by Crippen LogP contribution is -2.47. The van der Waals surface area contributed by atoms with Gasteiger partial charge in [-0.25, -0.2) is 0 Å². The molecule has 2 unspecified atom stereocenters. The molecule has 0 radical (unpaired) electrons. The fraction of sp³-hybridized carbons (Fsp3) is 0.737. The van der Waals surface area contributed by atoms with Gasteiger partial charge in [0.1, 0.15) is 5.60 Å². The minimum absolute atomic E-state index is 0.0109. The predicted octanol–water partition coefficient (Wildman–Crippen LogP) is 0.163. The van der Waals surface area contributed by atoms with E-state index < -0.39 is 17.4 Å². The molecule has 142 valence electrons. The second-order valence-electron chi connectivity index (χ2n) is 9.08. The molecule has 0 aromatic heterocycles. The smallest absolute Gasteiger partial charge is 0.230 e. The molecule has 4 heterocycles. The predicted molar refractivity (Wildman–Crippen MR) is 94.0 cm³/mol. The fourth-order valence-corrected chi connectivity index (χ4v) is 4.76. The van der Waals surface area contributed by atoms with E-state index in [0.717, 1.165) is 0 Å². The number of nitrogens with zero attached hydrogens (tertiary/aromatic N) is 2. The largest absolute Gasteiger partial charge is 0.360 e. The molecule has 26 heavy (non-hydrogen) atoms. The highest BCUT2D eigenvalue weighted by Crippen LogP contribution is 2.52. The van der Waals surface area contributed by atoms with Gasteiger partial charge in [0.15, 0.2) is 0 Å². The summed E-state index contributed by atoms with van der Waals surface area (Å²) in [6, 6.07) is 0. The Hall–Kier alpha value is -1.89. The van der Waals surface area contributed by atoms with Crippen LogP contribution in [0.3, 0.4) is 0 Å². The number of carbonyl (C=O) groups excluding carboxylic acids is 3. The van der Waals surface area contributed by atoms with Gasteiger partial charge in [0, 0.05) is 32.6 Å². The van der Waals surface area contributed by atoms with Crippen LogP contribution in [0.2, 0.25) is 0 Å². The number of amides is 3. The Balaban J connectivity index is 1.57. The maximum atomic E-state index is 13.2. The van der Waals surface area contributed by atoms with Gasteiger partial charge in [0.05, 0.1) is 24.5 Å². The van der Waals surface area contributed by atoms with Crippen molar-refractivity contribution in [2.24, 2.45) is 17.3 Å². The van der Waals surface area contributed by atoms with Gasteiger partial charge >= 0.3 is 0 Å². The summed E-state index contributed by atoms with van der Waals surface area (Å²) in [5.41, 5.74) is -0.670. The van der Waals surface area contributed by atoms with Crippen molar-refractivity contribution in [3.05, 3.63) is 12.2 Å². The van der Waals surface area contributed by atoms with Crippen LogP contribution in [0.15, 0.2) is 12.2 Å². The van der Waals surface area contributed by atoms with Gasteiger partial charge in [-0.2, -0.15) is 0 Å². The molecule has 2 bridgehead atoms. The minimum atomic E-state index is -0.659. The lowest BCUT2D eigenvalue weighted by molar-refractivity contribution is -0.143. The molecule has 0 aromatic carbocycles. The molecule has 7 heteroatoms. The molecule has 1 spiro atoms. The second-order valence-corrected chi connectivity index (χ2v) is 9.08. The van der Waals surface area contributed by atoms with Crippen molar-refractivity contribution in [2.75, 3.05) is 32.7 Å². The summed E-state index contributed by atoms with van der Waals surface area (Å²) < 4.78 is 6.17. The Bertz CT molecular complexity index is 683. The average Bonchev–Trinajstić information content (AvgIpc) is 3.10. The molecule has 4 rings (SSSR count). The molecule has 0 aliphatic carbocycles. The van der Waals surface area contributed by atoms with Crippen LogP contribution in [0.4, 0.5) is 0 Å². The molecular formula is C19H27N3O4. The number of ether oxygens (including phenoxy) is 1. The Morgan fingerprint density at radius 2 is 2.12 bits per heavy atom. The molecule has 4 atom stereocenters. The van der Waals surface area contributed by atoms with Crippen LogP contribution in [0.5, 0.6) is 0 Å². The number of likely N-dealkylation sites (tertiary alicyclic amines) is 1. The van der Waals surface area contributed by atoms with E-state index in [2.05, 4.69) is 26.1 Å². The normalized spacial score (nSPS) is 36.3. The van der Waals surface area contributed by atoms with E-state index in [4.69, 9.17) is 4.74 Å². The van der Waals surface area contributed by atoms with E-state index in [1.807, 2.05) is 17.1 Å². The molecule has 0 saturated carbocycles. The number of rotatable bonds is 2. The van der Waals surface area contributed by atoms with Crippen molar-refractivity contribution in [1.29, 1.82) is 0 Å². The Morgan fingerprint density at radius 1 is 1.35 bits per heavy atom. The average molecular weight is 361 g/mol. The van der Waals surface area contributed by atoms with Crippen LogP contribution in [-0.4, -0.2) is 72.0 Å². The van der Waals surface area contributed by atoms with Gasteiger partial charge in [-0.1, -0.05) is 32.9 Å². The number of hydrogen-bond donors (Lipinski definition) is 1. The Kier molecular flexibility index (Phi) is 3.91. The van der Waals surface area contributed by atoms with Gasteiger partial charge in [-0.05, 0) is 5.41 Å². The van der Waals surface area contributed by atoms with Crippen LogP contribution in [0.25, 0.3) is 0 Å². The number of nitrogens with one attached hydrogen (secondary N) is 1. The van der Waals surface area contributed by atoms with Gasteiger partial charge in [0.25, 0.3) is 0 Å². The Morgan fingerprint density at radius 3 is 2.85 bits per heavy atom. The lowest BCUT2D eigenvalue weighted by Gasteiger charge is -2.30. The van der Waals surface area contributed by atoms with Crippen molar-refractivity contribution in [3.63, 3.8) is 0 Å². The first-order valence-electron chi connectivity index (χ1n) is 9.42. The number of carbonyl (C=O) groups is 3. The highest BCUT2D eigenvalue weighted by molar-refractivity contribution is 5.93. The standard InChI is InChI=1S/C19H27N3O4/c1-18(2,3)10-22-11-19-6-4-12(26-19)14(15(19)17(22)25)16(24)21-8-5-13(23)20-7-9-21/h4,6,12,14-15H,5,7-11H2,1-3H3,(H,20,23)/t12-,14?,15?,19-/m0/s1. The topological polar surface area (TPSA) is 79.0 Å². The maximum absolute atomic E-state index is 13.2. The van der Waals surface area contributed by atoms with Gasteiger partial charge in [-0.3, -0.25) is 14.4 Å². The molecular weight excluding hydrogens is 334 g/mol. The van der Waals surface area contributed by atoms with E-state index in [-0.39, 0.29) is 29.2 Å². The van der Waals surface area contributed by atoms with E-state index in [1.165, 1.54) is 0 Å². The summed E-state index contributed by atoms with van der Waals surface area (Å²) in [6.07, 6.45) is 3.90. The summed E-state index contributed by atoms with van der Waals surface area (Å²) in [5, 5.41) is 2.79. The van der Waals surface area contributed by atoms with E-state index in [0.29, 0.717) is 39.1 Å². The van der Waals surface area contributed by atoms with Gasteiger partial charge in [-0.15, -0.1) is 0 Å². The van der Waals surface area contributed by atoms with E-state index in [1.54, 1.807) is 4.90 Å². The van der Waals surface area contributed by atoms with Crippen molar-refractivity contribution in [2.45, 2.75) is 38.9 Å². The molecule has 1 N–H and O–H groups in total. The highest BCUT2D eigenvalue weighted by atomic mass is 16.5. The van der Waals surface area contributed by atoms with Gasteiger partial charge < -0.3 is 19.9 Å². The summed E-state index contributed by atoms with van der Waals surface area (Å²) >= 11 is 0. The molecule has 4 aliphatic heterocycles. The molecule has 7 nitrogen and oxygen atoms in total. The van der Waals surface area contributed by atoms with Crippen molar-refractivity contribution in [1.82, 2.24) is 15.1 Å². The van der Waals surface area contributed by atoms with E-state index in [9.17, 15) is 14.4 Å². The van der Waals surface area contributed by atoms with Crippen LogP contribution in [-0.2, 0) is 19.1 Å². The first-order chi connectivity index (χ1) is 12.2. The third kappa shape index (κ3) is 2.73. The molecule has 0 aromatic rings. The summed E-state index contributed by atoms with van der Waals surface area (Å²) in [6.45, 7) is 8.81. The SMILES string of the molecule is CC(C)(C)CN1C[C@]23C=C[C@H](O2)C(C(=O)N2CCNC(=O)CC2)C3C1=O. The molecule has 3 fully saturated rings. The number of fused-ring (bicyclic) bond motifs is 1. The minimum Gasteiger partial charge on any atom is -0.360 e. The summed E-state index contributed by atoms with van der Waals surface area (Å²) in [5.74, 6) is -0.998. The molecule has 4 aliphatic rings. The lowest BCUT2D eigenvalue weighted by atomic mass is 9.76. The Labute approximate surface area is 153 Å². The molecule has 3 saturated heterocycles. The van der Waals surface area contributed by atoms with Gasteiger partial charge in [0.2, 0.25) is 17.7 Å². The van der Waals surface area contributed by atoms with Crippen LogP contribution >= 0.6 is 0 Å². The highest BCUT2D eigenvalue weighted by Gasteiger charge is 2.67. The van der Waals surface area contributed by atoms with Crippen molar-refractivity contribution in [3.8, 4) is 0 Å². The van der Waals surface area contributed by atoms with Crippen molar-refractivity contribution < 1.29 is 19.1 Å². The third-order valence-corrected chi connectivity index (χ3v) is 5.75. The van der Waals surface area contributed by atoms with Crippen LogP contribution in [0.1, 0.15) is 27.2 Å². The van der Waals surface area contributed by atoms with E-state index >= 15 is 0 Å². The zero-order valence-corrected chi connectivity index (χ0v) is 15.7. The second kappa shape index (κ2) is 5.81. The quantitative estimate of drug-likeness (QED) is 0.711. The monoisotopic (exact) mass is 361 g/mol. The first-order valence-corrected chi connectivity index (χ1v) is 9.42. The maximum Gasteiger partial charge on any atom is 0.230 e. The van der Waals surface area contributed by atoms with Crippen molar-refractivity contribution >= 4 is 17.7 Å². The molecule has 3 amide bonds. The number of hydrogen-bond acceptors (Lipinski definition) is 4. The third-order valence-electron chi connectivity index (χ3n) is 5.75. The summed E-state index contributed by atoms with van der Waals surface area (Å²) in [7, 11) is 0. The van der Waals surface area contributed by atoms with Crippen LogP contribution < -0.4 is 5.32 Å². The zero-order chi connectivity index (χ0) is 18.7. The van der Waals surface area contributed by atoms with Crippen LogP contribution in [0, 0.1) is 17.3 Å². The fourth-order valence-electron chi connectivity index (χ4n) is 4.76. The first kappa shape index (κ1) is 17.5. The zero-order valence-electron chi connectivity index (χ0n) is 15.7.